The average Bonchev–Trinajstić information content (AvgIpc) is 2.96. The lowest BCUT2D eigenvalue weighted by atomic mass is 10.1. The Kier molecular flexibility index (Phi) is 3.05. The van der Waals surface area contributed by atoms with Crippen molar-refractivity contribution in [2.75, 3.05) is 5.73 Å². The van der Waals surface area contributed by atoms with Gasteiger partial charge in [0.25, 0.3) is 0 Å². The minimum atomic E-state index is 0.356. The summed E-state index contributed by atoms with van der Waals surface area (Å²) in [4.78, 5) is 2.20. The Bertz CT molecular complexity index is 733. The van der Waals surface area contributed by atoms with Crippen LogP contribution in [-0.2, 0) is 0 Å². The highest BCUT2D eigenvalue weighted by atomic mass is 35.5. The van der Waals surface area contributed by atoms with E-state index in [4.69, 9.17) is 21.9 Å². The molecule has 0 saturated heterocycles. The second kappa shape index (κ2) is 4.72. The van der Waals surface area contributed by atoms with Crippen molar-refractivity contribution in [3.63, 3.8) is 0 Å². The van der Waals surface area contributed by atoms with Crippen LogP contribution in [0, 0.1) is 6.92 Å². The van der Waals surface area contributed by atoms with Crippen LogP contribution in [0.5, 0.6) is 0 Å². The van der Waals surface area contributed by atoms with Gasteiger partial charge in [-0.05, 0) is 25.1 Å². The van der Waals surface area contributed by atoms with Gasteiger partial charge >= 0.3 is 0 Å². The van der Waals surface area contributed by atoms with Crippen molar-refractivity contribution in [1.29, 1.82) is 0 Å². The smallest absolute Gasteiger partial charge is 0.186 e. The molecule has 0 unspecified atom stereocenters. The van der Waals surface area contributed by atoms with Gasteiger partial charge in [-0.15, -0.1) is 11.3 Å². The van der Waals surface area contributed by atoms with Crippen LogP contribution in [0.15, 0.2) is 40.9 Å². The molecule has 19 heavy (non-hydrogen) atoms. The summed E-state index contributed by atoms with van der Waals surface area (Å²) in [7, 11) is 0. The van der Waals surface area contributed by atoms with Crippen LogP contribution in [0.2, 0.25) is 5.02 Å². The summed E-state index contributed by atoms with van der Waals surface area (Å²) in [5.41, 5.74) is 7.52. The van der Waals surface area contributed by atoms with E-state index in [9.17, 15) is 0 Å². The van der Waals surface area contributed by atoms with Crippen molar-refractivity contribution in [3.05, 3.63) is 46.3 Å². The maximum Gasteiger partial charge on any atom is 0.186 e. The molecule has 0 atom stereocenters. The van der Waals surface area contributed by atoms with Crippen molar-refractivity contribution in [2.45, 2.75) is 6.92 Å². The third kappa shape index (κ3) is 2.13. The molecule has 0 bridgehead atoms. The first-order chi connectivity index (χ1) is 9.16. The number of anilines is 1. The summed E-state index contributed by atoms with van der Waals surface area (Å²) in [6.45, 7) is 2.04. The van der Waals surface area contributed by atoms with Gasteiger partial charge < -0.3 is 10.3 Å². The number of rotatable bonds is 2. The highest BCUT2D eigenvalue weighted by Gasteiger charge is 2.20. The molecule has 0 fully saturated rings. The summed E-state index contributed by atoms with van der Waals surface area (Å²) >= 11 is 7.87. The van der Waals surface area contributed by atoms with Gasteiger partial charge in [-0.3, -0.25) is 0 Å². The summed E-state index contributed by atoms with van der Waals surface area (Å²) in [5, 5.41) is 4.50. The predicted octanol–water partition coefficient (Wildman–Crippen LogP) is 4.61. The van der Waals surface area contributed by atoms with Crippen LogP contribution in [0.4, 0.5) is 5.82 Å². The van der Waals surface area contributed by atoms with Gasteiger partial charge in [-0.25, -0.2) is 0 Å². The molecule has 0 saturated carbocycles. The molecule has 0 aliphatic heterocycles. The van der Waals surface area contributed by atoms with Crippen molar-refractivity contribution in [1.82, 2.24) is 5.16 Å². The van der Waals surface area contributed by atoms with Crippen molar-refractivity contribution in [2.24, 2.45) is 0 Å². The largest absolute Gasteiger partial charge is 0.380 e. The molecule has 3 nitrogen and oxygen atoms in total. The maximum absolute atomic E-state index is 6.23. The van der Waals surface area contributed by atoms with E-state index in [1.54, 1.807) is 11.3 Å². The lowest BCUT2D eigenvalue weighted by Gasteiger charge is -2.03. The molecule has 1 aromatic carbocycles. The number of aromatic nitrogens is 1. The Morgan fingerprint density at radius 1 is 1.21 bits per heavy atom. The normalized spacial score (nSPS) is 10.8. The Labute approximate surface area is 119 Å². The molecule has 0 aliphatic rings. The van der Waals surface area contributed by atoms with E-state index in [2.05, 4.69) is 5.16 Å². The minimum Gasteiger partial charge on any atom is -0.380 e. The molecule has 96 valence electrons. The predicted molar refractivity (Wildman–Crippen MR) is 79.4 cm³/mol. The number of thiophene rings is 1. The molecular formula is C14H11ClN2OS. The minimum absolute atomic E-state index is 0.356. The Hall–Kier alpha value is -1.78. The van der Waals surface area contributed by atoms with E-state index >= 15 is 0 Å². The third-order valence-corrected chi connectivity index (χ3v) is 4.15. The van der Waals surface area contributed by atoms with Gasteiger partial charge in [0.05, 0.1) is 10.4 Å². The fourth-order valence-electron chi connectivity index (χ4n) is 1.95. The lowest BCUT2D eigenvalue weighted by molar-refractivity contribution is 0.437. The Balaban J connectivity index is 2.22. The second-order valence-corrected chi connectivity index (χ2v) is 5.86. The maximum atomic E-state index is 6.23. The van der Waals surface area contributed by atoms with Gasteiger partial charge in [0.15, 0.2) is 11.6 Å². The molecule has 5 heteroatoms. The summed E-state index contributed by atoms with van der Waals surface area (Å²) in [6, 6.07) is 11.6. The van der Waals surface area contributed by atoms with Crippen LogP contribution < -0.4 is 5.73 Å². The van der Waals surface area contributed by atoms with Gasteiger partial charge in [0, 0.05) is 15.5 Å². The third-order valence-electron chi connectivity index (χ3n) is 2.83. The first-order valence-electron chi connectivity index (χ1n) is 5.73. The van der Waals surface area contributed by atoms with Crippen LogP contribution in [0.25, 0.3) is 21.8 Å². The van der Waals surface area contributed by atoms with Crippen molar-refractivity contribution >= 4 is 28.8 Å². The van der Waals surface area contributed by atoms with Gasteiger partial charge in [-0.2, -0.15) is 0 Å². The van der Waals surface area contributed by atoms with E-state index < -0.39 is 0 Å². The molecule has 0 amide bonds. The first-order valence-corrected chi connectivity index (χ1v) is 6.93. The zero-order chi connectivity index (χ0) is 13.4. The quantitative estimate of drug-likeness (QED) is 0.749. The fraction of sp³-hybridized carbons (Fsp3) is 0.0714. The average molecular weight is 291 g/mol. The van der Waals surface area contributed by atoms with E-state index in [0.717, 1.165) is 16.0 Å². The number of halogens is 1. The van der Waals surface area contributed by atoms with Crippen LogP contribution in [0.1, 0.15) is 4.88 Å². The molecule has 3 aromatic rings. The Morgan fingerprint density at radius 3 is 2.68 bits per heavy atom. The number of nitrogen functional groups attached to an aromatic ring is 1. The number of nitrogens with zero attached hydrogens (tertiary/aromatic N) is 1. The molecular weight excluding hydrogens is 280 g/mol. The monoisotopic (exact) mass is 290 g/mol. The number of benzene rings is 1. The molecule has 0 spiro atoms. The molecule has 0 aliphatic carbocycles. The molecule has 2 aromatic heterocycles. The lowest BCUT2D eigenvalue weighted by Crippen LogP contribution is -1.89. The SMILES string of the molecule is Cc1ccc(-c2onc(N)c2-c2ccccc2Cl)s1. The van der Waals surface area contributed by atoms with Crippen molar-refractivity contribution in [3.8, 4) is 21.8 Å². The number of nitrogens with two attached hydrogens (primary N) is 1. The highest BCUT2D eigenvalue weighted by molar-refractivity contribution is 7.15. The highest BCUT2D eigenvalue weighted by Crippen LogP contribution is 2.41. The fourth-order valence-corrected chi connectivity index (χ4v) is 3.03. The van der Waals surface area contributed by atoms with E-state index in [-0.39, 0.29) is 0 Å². The van der Waals surface area contributed by atoms with Gasteiger partial charge in [0.2, 0.25) is 0 Å². The summed E-state index contributed by atoms with van der Waals surface area (Å²) < 4.78 is 5.38. The zero-order valence-corrected chi connectivity index (χ0v) is 11.8. The number of aryl methyl sites for hydroxylation is 1. The van der Waals surface area contributed by atoms with Crippen LogP contribution in [0.3, 0.4) is 0 Å². The topological polar surface area (TPSA) is 52.0 Å². The molecule has 0 radical (unpaired) electrons. The second-order valence-electron chi connectivity index (χ2n) is 4.16. The molecule has 3 rings (SSSR count). The summed E-state index contributed by atoms with van der Waals surface area (Å²) in [5.74, 6) is 1.03. The van der Waals surface area contributed by atoms with Gasteiger partial charge in [-0.1, -0.05) is 35.0 Å². The molecule has 2 heterocycles. The van der Waals surface area contributed by atoms with Crippen LogP contribution in [-0.4, -0.2) is 5.16 Å². The van der Waals surface area contributed by atoms with E-state index in [1.807, 2.05) is 43.3 Å². The first kappa shape index (κ1) is 12.3. The number of hydrogen-bond acceptors (Lipinski definition) is 4. The standard InChI is InChI=1S/C14H11ClN2OS/c1-8-6-7-11(19-8)13-12(14(16)17-18-13)9-4-2-3-5-10(9)15/h2-7H,1H3,(H2,16,17). The summed E-state index contributed by atoms with van der Waals surface area (Å²) in [6.07, 6.45) is 0. The van der Waals surface area contributed by atoms with Crippen LogP contribution >= 0.6 is 22.9 Å². The molecule has 2 N–H and O–H groups in total. The zero-order valence-electron chi connectivity index (χ0n) is 10.2. The van der Waals surface area contributed by atoms with Gasteiger partial charge in [0.1, 0.15) is 0 Å². The van der Waals surface area contributed by atoms with E-state index in [0.29, 0.717) is 16.6 Å². The Morgan fingerprint density at radius 2 is 2.00 bits per heavy atom. The number of hydrogen-bond donors (Lipinski definition) is 1. The van der Waals surface area contributed by atoms with Crippen molar-refractivity contribution < 1.29 is 4.52 Å². The van der Waals surface area contributed by atoms with E-state index in [1.165, 1.54) is 4.88 Å².